The van der Waals surface area contributed by atoms with Crippen LogP contribution >= 0.6 is 11.3 Å². The van der Waals surface area contributed by atoms with Crippen molar-refractivity contribution in [3.8, 4) is 0 Å². The number of carbonyl (C=O) groups is 1. The number of hydrogen-bond acceptors (Lipinski definition) is 5. The van der Waals surface area contributed by atoms with Crippen molar-refractivity contribution in [1.29, 1.82) is 0 Å². The van der Waals surface area contributed by atoms with E-state index in [9.17, 15) is 13.2 Å². The number of hydrogen-bond donors (Lipinski definition) is 2. The van der Waals surface area contributed by atoms with Crippen molar-refractivity contribution in [2.24, 2.45) is 0 Å². The molecule has 0 aliphatic rings. The molecular weight excluding hydrogens is 290 g/mol. The first-order chi connectivity index (χ1) is 8.83. The molecule has 0 aliphatic heterocycles. The Morgan fingerprint density at radius 3 is 2.68 bits per heavy atom. The Morgan fingerprint density at radius 1 is 1.58 bits per heavy atom. The van der Waals surface area contributed by atoms with Crippen LogP contribution in [0.3, 0.4) is 0 Å². The Kier molecular flexibility index (Phi) is 5.48. The first-order valence-electron chi connectivity index (χ1n) is 5.66. The van der Waals surface area contributed by atoms with E-state index in [-0.39, 0.29) is 22.4 Å². The first kappa shape index (κ1) is 16.1. The van der Waals surface area contributed by atoms with Crippen LogP contribution in [0.25, 0.3) is 0 Å². The first-order valence-corrected chi connectivity index (χ1v) is 8.02. The fraction of sp³-hybridized carbons (Fsp3) is 0.545. The molecule has 0 bridgehead atoms. The lowest BCUT2D eigenvalue weighted by Gasteiger charge is -2.16. The molecule has 0 aliphatic carbocycles. The van der Waals surface area contributed by atoms with Gasteiger partial charge in [-0.15, -0.1) is 11.3 Å². The third-order valence-corrected chi connectivity index (χ3v) is 5.49. The highest BCUT2D eigenvalue weighted by Crippen LogP contribution is 2.27. The van der Waals surface area contributed by atoms with Gasteiger partial charge < -0.3 is 9.84 Å². The van der Waals surface area contributed by atoms with Crippen molar-refractivity contribution in [2.75, 3.05) is 13.7 Å². The minimum atomic E-state index is -3.86. The van der Waals surface area contributed by atoms with Crippen LogP contribution in [0.5, 0.6) is 0 Å². The lowest BCUT2D eigenvalue weighted by molar-refractivity contribution is 0.0698. The minimum Gasteiger partial charge on any atom is -0.477 e. The van der Waals surface area contributed by atoms with E-state index in [2.05, 4.69) is 4.72 Å². The second kappa shape index (κ2) is 6.47. The molecule has 8 heteroatoms. The maximum Gasteiger partial charge on any atom is 0.347 e. The Bertz CT molecular complexity index is 549. The number of aryl methyl sites for hydroxylation is 1. The van der Waals surface area contributed by atoms with Crippen LogP contribution in [-0.4, -0.2) is 39.3 Å². The zero-order chi connectivity index (χ0) is 14.6. The highest BCUT2D eigenvalue weighted by molar-refractivity contribution is 7.89. The molecule has 0 radical (unpaired) electrons. The molecule has 19 heavy (non-hydrogen) atoms. The van der Waals surface area contributed by atoms with Crippen LogP contribution < -0.4 is 4.72 Å². The number of thiophene rings is 1. The molecule has 0 saturated heterocycles. The number of aromatic carboxylic acids is 1. The number of nitrogens with one attached hydrogen (secondary N) is 1. The Balaban J connectivity index is 3.13. The molecule has 0 saturated carbocycles. The average Bonchev–Trinajstić information content (AvgIpc) is 2.71. The zero-order valence-corrected chi connectivity index (χ0v) is 12.6. The van der Waals surface area contributed by atoms with E-state index in [1.165, 1.54) is 12.5 Å². The van der Waals surface area contributed by atoms with E-state index < -0.39 is 16.0 Å². The van der Waals surface area contributed by atoms with Crippen LogP contribution in [0, 0.1) is 6.92 Å². The van der Waals surface area contributed by atoms with E-state index in [1.807, 2.05) is 6.92 Å². The van der Waals surface area contributed by atoms with Crippen LogP contribution in [0.2, 0.25) is 0 Å². The predicted molar refractivity (Wildman–Crippen MR) is 72.3 cm³/mol. The monoisotopic (exact) mass is 307 g/mol. The summed E-state index contributed by atoms with van der Waals surface area (Å²) in [5.41, 5.74) is 0.433. The Morgan fingerprint density at radius 2 is 2.21 bits per heavy atom. The molecule has 0 aromatic carbocycles. The van der Waals surface area contributed by atoms with E-state index in [4.69, 9.17) is 9.84 Å². The van der Waals surface area contributed by atoms with Crippen molar-refractivity contribution in [3.05, 3.63) is 15.8 Å². The fourth-order valence-corrected chi connectivity index (χ4v) is 4.56. The third kappa shape index (κ3) is 3.75. The van der Waals surface area contributed by atoms with Crippen molar-refractivity contribution < 1.29 is 23.1 Å². The van der Waals surface area contributed by atoms with E-state index in [0.29, 0.717) is 12.0 Å². The molecule has 1 unspecified atom stereocenters. The van der Waals surface area contributed by atoms with Gasteiger partial charge in [-0.1, -0.05) is 6.92 Å². The molecule has 108 valence electrons. The highest BCUT2D eigenvalue weighted by atomic mass is 32.2. The Labute approximate surface area is 116 Å². The summed E-state index contributed by atoms with van der Waals surface area (Å²) in [6.07, 6.45) is 0.554. The van der Waals surface area contributed by atoms with Gasteiger partial charge in [0, 0.05) is 13.2 Å². The number of sulfonamides is 1. The van der Waals surface area contributed by atoms with Crippen LogP contribution in [0.15, 0.2) is 10.3 Å². The number of methoxy groups -OCH3 is 1. The van der Waals surface area contributed by atoms with Crippen LogP contribution in [0.4, 0.5) is 0 Å². The molecule has 0 spiro atoms. The molecule has 1 aromatic heterocycles. The number of carboxylic acid groups (broad SMARTS) is 1. The second-order valence-corrected chi connectivity index (χ2v) is 6.59. The molecule has 2 N–H and O–H groups in total. The molecule has 0 fully saturated rings. The van der Waals surface area contributed by atoms with Crippen molar-refractivity contribution >= 4 is 27.3 Å². The average molecular weight is 307 g/mol. The van der Waals surface area contributed by atoms with Gasteiger partial charge in [-0.2, -0.15) is 0 Å². The molecule has 1 heterocycles. The maximum absolute atomic E-state index is 12.3. The summed E-state index contributed by atoms with van der Waals surface area (Å²) in [6.45, 7) is 3.64. The normalized spacial score (nSPS) is 13.4. The Hall–Kier alpha value is -0.960. The smallest absolute Gasteiger partial charge is 0.347 e. The van der Waals surface area contributed by atoms with Gasteiger partial charge in [0.15, 0.2) is 0 Å². The summed E-state index contributed by atoms with van der Waals surface area (Å²) in [5, 5.41) is 10.6. The van der Waals surface area contributed by atoms with Crippen molar-refractivity contribution in [3.63, 3.8) is 0 Å². The number of carboxylic acids is 1. The van der Waals surface area contributed by atoms with Gasteiger partial charge in [-0.3, -0.25) is 0 Å². The van der Waals surface area contributed by atoms with E-state index in [1.54, 1.807) is 6.92 Å². The third-order valence-electron chi connectivity index (χ3n) is 2.56. The molecule has 0 amide bonds. The van der Waals surface area contributed by atoms with Crippen molar-refractivity contribution in [2.45, 2.75) is 31.2 Å². The van der Waals surface area contributed by atoms with Gasteiger partial charge in [0.1, 0.15) is 9.77 Å². The molecule has 1 aromatic rings. The lowest BCUT2D eigenvalue weighted by atomic mass is 10.3. The molecule has 1 rings (SSSR count). The summed E-state index contributed by atoms with van der Waals surface area (Å²) in [7, 11) is -2.38. The highest BCUT2D eigenvalue weighted by Gasteiger charge is 2.28. The topological polar surface area (TPSA) is 92.7 Å². The summed E-state index contributed by atoms with van der Waals surface area (Å²) in [4.78, 5) is 10.7. The second-order valence-electron chi connectivity index (χ2n) is 4.06. The standard InChI is InChI=1S/C11H17NO5S2/c1-4-8(5-17-3)12-19(15,16)10-7(2)6-18-9(10)11(13)14/h6,8,12H,4-5H2,1-3H3,(H,13,14). The van der Waals surface area contributed by atoms with Crippen molar-refractivity contribution in [1.82, 2.24) is 4.72 Å². The quantitative estimate of drug-likeness (QED) is 0.795. The van der Waals surface area contributed by atoms with Crippen LogP contribution in [0.1, 0.15) is 28.6 Å². The molecule has 6 nitrogen and oxygen atoms in total. The number of rotatable bonds is 7. The minimum absolute atomic E-state index is 0.153. The SMILES string of the molecule is CCC(COC)NS(=O)(=O)c1c(C)csc1C(=O)O. The molecular formula is C11H17NO5S2. The molecule has 1 atom stereocenters. The maximum atomic E-state index is 12.3. The fourth-order valence-electron chi connectivity index (χ4n) is 1.63. The zero-order valence-electron chi connectivity index (χ0n) is 11.0. The van der Waals surface area contributed by atoms with Gasteiger partial charge in [-0.25, -0.2) is 17.9 Å². The van der Waals surface area contributed by atoms with Gasteiger partial charge >= 0.3 is 5.97 Å². The summed E-state index contributed by atoms with van der Waals surface area (Å²) >= 11 is 0.909. The van der Waals surface area contributed by atoms with Gasteiger partial charge in [0.05, 0.1) is 6.61 Å². The van der Waals surface area contributed by atoms with Gasteiger partial charge in [0.25, 0.3) is 0 Å². The number of ether oxygens (including phenoxy) is 1. The van der Waals surface area contributed by atoms with Gasteiger partial charge in [-0.05, 0) is 24.3 Å². The summed E-state index contributed by atoms with van der Waals surface area (Å²) in [6, 6.07) is -0.379. The predicted octanol–water partition coefficient (Wildman–Crippen LogP) is 1.46. The van der Waals surface area contributed by atoms with Crippen LogP contribution in [-0.2, 0) is 14.8 Å². The summed E-state index contributed by atoms with van der Waals surface area (Å²) < 4.78 is 31.9. The largest absolute Gasteiger partial charge is 0.477 e. The van der Waals surface area contributed by atoms with Gasteiger partial charge in [0.2, 0.25) is 10.0 Å². The van der Waals surface area contributed by atoms with E-state index in [0.717, 1.165) is 11.3 Å². The van der Waals surface area contributed by atoms with E-state index >= 15 is 0 Å². The lowest BCUT2D eigenvalue weighted by Crippen LogP contribution is -2.38. The summed E-state index contributed by atoms with van der Waals surface area (Å²) in [5.74, 6) is -1.24.